The van der Waals surface area contributed by atoms with Gasteiger partial charge in [-0.3, -0.25) is 9.59 Å². The maximum Gasteiger partial charge on any atom is 0.243 e. The molecule has 0 saturated carbocycles. The third kappa shape index (κ3) is 5.55. The number of fused-ring (bicyclic) bond motifs is 1. The Morgan fingerprint density at radius 1 is 1.16 bits per heavy atom. The van der Waals surface area contributed by atoms with Crippen LogP contribution in [-0.2, 0) is 16.0 Å². The lowest BCUT2D eigenvalue weighted by Gasteiger charge is -2.19. The number of nitrogens with one attached hydrogen (secondary N) is 2. The molecule has 0 bridgehead atoms. The molecule has 0 heterocycles. The van der Waals surface area contributed by atoms with Crippen LogP contribution in [0.5, 0.6) is 0 Å². The second-order valence-electron chi connectivity index (χ2n) is 5.99. The normalized spacial score (nSPS) is 13.2. The van der Waals surface area contributed by atoms with Gasteiger partial charge in [0, 0.05) is 25.9 Å². The summed E-state index contributed by atoms with van der Waals surface area (Å²) < 4.78 is 0. The Bertz CT molecular complexity index is 733. The molecular weight excluding hydrogens is 318 g/mol. The molecular formula is C19H25N3O3. The lowest BCUT2D eigenvalue weighted by Crippen LogP contribution is -2.49. The van der Waals surface area contributed by atoms with E-state index in [1.165, 1.54) is 0 Å². The largest absolute Gasteiger partial charge is 0.390 e. The van der Waals surface area contributed by atoms with E-state index in [4.69, 9.17) is 5.73 Å². The maximum atomic E-state index is 12.4. The number of hydrogen-bond acceptors (Lipinski definition) is 4. The summed E-state index contributed by atoms with van der Waals surface area (Å²) in [5.41, 5.74) is 6.30. The number of aliphatic hydroxyl groups excluding tert-OH is 1. The van der Waals surface area contributed by atoms with E-state index in [1.807, 2.05) is 42.5 Å². The van der Waals surface area contributed by atoms with Crippen LogP contribution in [0.3, 0.4) is 0 Å². The highest BCUT2D eigenvalue weighted by atomic mass is 16.3. The van der Waals surface area contributed by atoms with Gasteiger partial charge >= 0.3 is 0 Å². The van der Waals surface area contributed by atoms with Crippen molar-refractivity contribution in [3.05, 3.63) is 48.0 Å². The van der Waals surface area contributed by atoms with Crippen molar-refractivity contribution in [1.29, 1.82) is 0 Å². The number of amides is 2. The van der Waals surface area contributed by atoms with E-state index in [0.29, 0.717) is 12.8 Å². The number of aliphatic hydroxyl groups is 1. The molecule has 5 N–H and O–H groups in total. The molecule has 6 nitrogen and oxygen atoms in total. The van der Waals surface area contributed by atoms with Gasteiger partial charge in [-0.1, -0.05) is 49.4 Å². The van der Waals surface area contributed by atoms with Crippen LogP contribution < -0.4 is 16.4 Å². The van der Waals surface area contributed by atoms with Gasteiger partial charge in [-0.25, -0.2) is 0 Å². The molecule has 2 rings (SSSR count). The average molecular weight is 343 g/mol. The first-order valence-corrected chi connectivity index (χ1v) is 8.46. The molecule has 6 heteroatoms. The zero-order valence-corrected chi connectivity index (χ0v) is 14.4. The van der Waals surface area contributed by atoms with Crippen molar-refractivity contribution in [1.82, 2.24) is 10.6 Å². The minimum Gasteiger partial charge on any atom is -0.390 e. The highest BCUT2D eigenvalue weighted by molar-refractivity contribution is 5.88. The predicted molar refractivity (Wildman–Crippen MR) is 97.9 cm³/mol. The number of nitrogens with two attached hydrogens (primary N) is 1. The first-order valence-electron chi connectivity index (χ1n) is 8.46. The van der Waals surface area contributed by atoms with Crippen LogP contribution in [0.25, 0.3) is 10.8 Å². The molecule has 0 radical (unpaired) electrons. The molecule has 0 aromatic heterocycles. The van der Waals surface area contributed by atoms with Crippen LogP contribution in [0.15, 0.2) is 42.5 Å². The molecule has 2 amide bonds. The van der Waals surface area contributed by atoms with E-state index < -0.39 is 12.1 Å². The van der Waals surface area contributed by atoms with Crippen LogP contribution in [0.4, 0.5) is 0 Å². The number of hydrogen-bond donors (Lipinski definition) is 4. The van der Waals surface area contributed by atoms with E-state index in [-0.39, 0.29) is 24.9 Å². The number of rotatable bonds is 8. The standard InChI is InChI=1S/C19H25N3O3/c1-2-18(24)22-17(19(25)21-12-16(23)11-20)10-13-7-8-14-5-3-4-6-15(14)9-13/h3-9,16-17,23H,2,10-12,20H2,1H3,(H,21,25)(H,22,24)/t16?,17-/m1/s1. The molecule has 2 aromatic rings. The summed E-state index contributed by atoms with van der Waals surface area (Å²) in [4.78, 5) is 24.2. The zero-order chi connectivity index (χ0) is 18.2. The van der Waals surface area contributed by atoms with Gasteiger partial charge in [-0.15, -0.1) is 0 Å². The number of carbonyl (C=O) groups is 2. The Balaban J connectivity index is 2.13. The van der Waals surface area contributed by atoms with E-state index in [1.54, 1.807) is 6.92 Å². The van der Waals surface area contributed by atoms with E-state index in [9.17, 15) is 14.7 Å². The highest BCUT2D eigenvalue weighted by Gasteiger charge is 2.21. The molecule has 0 aliphatic heterocycles. The highest BCUT2D eigenvalue weighted by Crippen LogP contribution is 2.16. The fraction of sp³-hybridized carbons (Fsp3) is 0.368. The van der Waals surface area contributed by atoms with E-state index in [2.05, 4.69) is 10.6 Å². The Hall–Kier alpha value is -2.44. The second kappa shape index (κ2) is 9.15. The van der Waals surface area contributed by atoms with Gasteiger partial charge in [-0.05, 0) is 16.3 Å². The van der Waals surface area contributed by atoms with E-state index in [0.717, 1.165) is 16.3 Å². The molecule has 134 valence electrons. The molecule has 0 aliphatic carbocycles. The third-order valence-electron chi connectivity index (χ3n) is 4.01. The quantitative estimate of drug-likeness (QED) is 0.567. The summed E-state index contributed by atoms with van der Waals surface area (Å²) in [5, 5.41) is 17.1. The monoisotopic (exact) mass is 343 g/mol. The minimum absolute atomic E-state index is 0.0611. The Labute approximate surface area is 147 Å². The molecule has 0 fully saturated rings. The van der Waals surface area contributed by atoms with Crippen LogP contribution in [-0.4, -0.2) is 42.2 Å². The molecule has 1 unspecified atom stereocenters. The van der Waals surface area contributed by atoms with Crippen molar-refractivity contribution in [3.63, 3.8) is 0 Å². The van der Waals surface area contributed by atoms with Crippen molar-refractivity contribution >= 4 is 22.6 Å². The van der Waals surface area contributed by atoms with Gasteiger partial charge in [-0.2, -0.15) is 0 Å². The lowest BCUT2D eigenvalue weighted by molar-refractivity contribution is -0.129. The summed E-state index contributed by atoms with van der Waals surface area (Å²) in [6, 6.07) is 13.2. The van der Waals surface area contributed by atoms with Crippen LogP contribution >= 0.6 is 0 Å². The van der Waals surface area contributed by atoms with Crippen molar-refractivity contribution in [2.24, 2.45) is 5.73 Å². The van der Waals surface area contributed by atoms with Gasteiger partial charge < -0.3 is 21.5 Å². The SMILES string of the molecule is CCC(=O)N[C@H](Cc1ccc2ccccc2c1)C(=O)NCC(O)CN. The van der Waals surface area contributed by atoms with Crippen LogP contribution in [0, 0.1) is 0 Å². The summed E-state index contributed by atoms with van der Waals surface area (Å²) in [5.74, 6) is -0.525. The van der Waals surface area contributed by atoms with Gasteiger partial charge in [0.2, 0.25) is 11.8 Å². The smallest absolute Gasteiger partial charge is 0.243 e. The lowest BCUT2D eigenvalue weighted by atomic mass is 10.0. The summed E-state index contributed by atoms with van der Waals surface area (Å²) in [7, 11) is 0. The first-order chi connectivity index (χ1) is 12.0. The summed E-state index contributed by atoms with van der Waals surface area (Å²) >= 11 is 0. The molecule has 0 spiro atoms. The molecule has 0 aliphatic rings. The number of carbonyl (C=O) groups excluding carboxylic acids is 2. The predicted octanol–water partition coefficient (Wildman–Crippen LogP) is 0.713. The van der Waals surface area contributed by atoms with E-state index >= 15 is 0 Å². The van der Waals surface area contributed by atoms with Gasteiger partial charge in [0.15, 0.2) is 0 Å². The summed E-state index contributed by atoms with van der Waals surface area (Å²) in [6.45, 7) is 1.86. The zero-order valence-electron chi connectivity index (χ0n) is 14.4. The van der Waals surface area contributed by atoms with Gasteiger partial charge in [0.1, 0.15) is 6.04 Å². The van der Waals surface area contributed by atoms with Gasteiger partial charge in [0.25, 0.3) is 0 Å². The number of benzene rings is 2. The Morgan fingerprint density at radius 3 is 2.56 bits per heavy atom. The Kier molecular flexibility index (Phi) is 6.91. The maximum absolute atomic E-state index is 12.4. The fourth-order valence-electron chi connectivity index (χ4n) is 2.53. The van der Waals surface area contributed by atoms with Crippen molar-refractivity contribution < 1.29 is 14.7 Å². The average Bonchev–Trinajstić information content (AvgIpc) is 2.64. The summed E-state index contributed by atoms with van der Waals surface area (Å²) in [6.07, 6.45) is -0.124. The topological polar surface area (TPSA) is 104 Å². The fourth-order valence-corrected chi connectivity index (χ4v) is 2.53. The Morgan fingerprint density at radius 2 is 1.88 bits per heavy atom. The second-order valence-corrected chi connectivity index (χ2v) is 5.99. The van der Waals surface area contributed by atoms with Crippen LogP contribution in [0.2, 0.25) is 0 Å². The third-order valence-corrected chi connectivity index (χ3v) is 4.01. The van der Waals surface area contributed by atoms with Crippen molar-refractivity contribution in [2.45, 2.75) is 31.9 Å². The van der Waals surface area contributed by atoms with Gasteiger partial charge in [0.05, 0.1) is 6.10 Å². The molecule has 25 heavy (non-hydrogen) atoms. The first kappa shape index (κ1) is 18.9. The molecule has 2 aromatic carbocycles. The van der Waals surface area contributed by atoms with Crippen LogP contribution in [0.1, 0.15) is 18.9 Å². The van der Waals surface area contributed by atoms with Crippen molar-refractivity contribution in [2.75, 3.05) is 13.1 Å². The molecule has 2 atom stereocenters. The van der Waals surface area contributed by atoms with Crippen molar-refractivity contribution in [3.8, 4) is 0 Å². The molecule has 0 saturated heterocycles. The minimum atomic E-state index is -0.799.